The number of carbonyl (C=O) groups excluding carboxylic acids is 2. The molecule has 1 atom stereocenters. The predicted octanol–water partition coefficient (Wildman–Crippen LogP) is 2.55. The number of carbonyl (C=O) groups is 2. The number of primary amides is 1. The van der Waals surface area contributed by atoms with Gasteiger partial charge in [-0.15, -0.1) is 10.2 Å². The van der Waals surface area contributed by atoms with E-state index in [0.29, 0.717) is 17.0 Å². The van der Waals surface area contributed by atoms with Gasteiger partial charge in [-0.2, -0.15) is 0 Å². The Hall–Kier alpha value is -3.07. The summed E-state index contributed by atoms with van der Waals surface area (Å²) in [6, 6.07) is 9.72. The Bertz CT molecular complexity index is 874. The molecule has 0 aliphatic rings. The van der Waals surface area contributed by atoms with Crippen LogP contribution in [0, 0.1) is 0 Å². The van der Waals surface area contributed by atoms with Gasteiger partial charge in [-0.05, 0) is 43.3 Å². The highest BCUT2D eigenvalue weighted by Gasteiger charge is 2.19. The van der Waals surface area contributed by atoms with Gasteiger partial charge >= 0.3 is 0 Å². The minimum atomic E-state index is -0.523. The van der Waals surface area contributed by atoms with Crippen molar-refractivity contribution in [2.75, 3.05) is 5.32 Å². The Labute approximate surface area is 146 Å². The van der Waals surface area contributed by atoms with Crippen molar-refractivity contribution in [3.63, 3.8) is 0 Å². The largest absolute Gasteiger partial charge is 0.459 e. The second-order valence-corrected chi connectivity index (χ2v) is 6.33. The molecule has 9 heteroatoms. The quantitative estimate of drug-likeness (QED) is 0.649. The van der Waals surface area contributed by atoms with Crippen molar-refractivity contribution in [2.45, 2.75) is 17.4 Å². The molecule has 128 valence electrons. The van der Waals surface area contributed by atoms with E-state index >= 15 is 0 Å². The highest BCUT2D eigenvalue weighted by Crippen LogP contribution is 2.26. The van der Waals surface area contributed by atoms with E-state index in [-0.39, 0.29) is 17.0 Å². The molecule has 0 spiro atoms. The molecular weight excluding hydrogens is 344 g/mol. The van der Waals surface area contributed by atoms with Gasteiger partial charge in [0.25, 0.3) is 11.1 Å². The van der Waals surface area contributed by atoms with Gasteiger partial charge in [0, 0.05) is 11.3 Å². The van der Waals surface area contributed by atoms with E-state index < -0.39 is 11.2 Å². The average Bonchev–Trinajstić information content (AvgIpc) is 3.26. The van der Waals surface area contributed by atoms with Crippen molar-refractivity contribution in [1.29, 1.82) is 0 Å². The molecule has 0 radical (unpaired) electrons. The first-order valence-corrected chi connectivity index (χ1v) is 8.15. The predicted molar refractivity (Wildman–Crippen MR) is 90.9 cm³/mol. The first kappa shape index (κ1) is 16.8. The van der Waals surface area contributed by atoms with Gasteiger partial charge in [0.1, 0.15) is 0 Å². The molecule has 0 saturated heterocycles. The summed E-state index contributed by atoms with van der Waals surface area (Å²) in [4.78, 5) is 23.3. The third kappa shape index (κ3) is 4.07. The highest BCUT2D eigenvalue weighted by molar-refractivity contribution is 8.00. The van der Waals surface area contributed by atoms with E-state index in [2.05, 4.69) is 15.5 Å². The van der Waals surface area contributed by atoms with Crippen molar-refractivity contribution in [1.82, 2.24) is 10.2 Å². The number of nitrogens with two attached hydrogens (primary N) is 1. The fourth-order valence-corrected chi connectivity index (χ4v) is 2.61. The van der Waals surface area contributed by atoms with Crippen LogP contribution in [0.15, 0.2) is 56.7 Å². The number of amides is 2. The Balaban J connectivity index is 1.60. The molecule has 25 heavy (non-hydrogen) atoms. The van der Waals surface area contributed by atoms with E-state index in [4.69, 9.17) is 14.6 Å². The van der Waals surface area contributed by atoms with E-state index in [9.17, 15) is 9.59 Å². The van der Waals surface area contributed by atoms with Crippen LogP contribution in [-0.4, -0.2) is 27.3 Å². The van der Waals surface area contributed by atoms with Gasteiger partial charge in [-0.25, -0.2) is 0 Å². The smallest absolute Gasteiger partial charge is 0.284 e. The monoisotopic (exact) mass is 358 g/mol. The van der Waals surface area contributed by atoms with Crippen molar-refractivity contribution in [3.05, 3.63) is 48.2 Å². The van der Waals surface area contributed by atoms with Crippen LogP contribution in [-0.2, 0) is 4.79 Å². The van der Waals surface area contributed by atoms with E-state index in [0.717, 1.165) is 11.8 Å². The van der Waals surface area contributed by atoms with Gasteiger partial charge in [-0.1, -0.05) is 11.8 Å². The summed E-state index contributed by atoms with van der Waals surface area (Å²) >= 11 is 1.13. The van der Waals surface area contributed by atoms with Crippen LogP contribution < -0.4 is 11.1 Å². The highest BCUT2D eigenvalue weighted by atomic mass is 32.2. The lowest BCUT2D eigenvalue weighted by Gasteiger charge is -2.10. The first-order chi connectivity index (χ1) is 12.0. The van der Waals surface area contributed by atoms with Crippen LogP contribution in [0.1, 0.15) is 17.3 Å². The minimum absolute atomic E-state index is 0.241. The zero-order chi connectivity index (χ0) is 17.8. The molecular formula is C16H14N4O4S. The number of rotatable bonds is 6. The molecule has 0 unspecified atom stereocenters. The molecule has 3 rings (SSSR count). The Morgan fingerprint density at radius 2 is 1.96 bits per heavy atom. The Morgan fingerprint density at radius 1 is 1.20 bits per heavy atom. The standard InChI is InChI=1S/C16H14N4O4S/c1-9(14(22)18-11-6-4-10(5-7-11)13(17)21)25-16-20-19-15(24-16)12-3-2-8-23-12/h2-9H,1H3,(H2,17,21)(H,18,22)/t9-/m0/s1. The summed E-state index contributed by atoms with van der Waals surface area (Å²) in [5.74, 6) is -0.0479. The molecule has 2 aromatic heterocycles. The van der Waals surface area contributed by atoms with Gasteiger partial charge in [0.15, 0.2) is 5.76 Å². The number of hydrogen-bond acceptors (Lipinski definition) is 7. The Kier molecular flexibility index (Phi) is 4.85. The minimum Gasteiger partial charge on any atom is -0.459 e. The first-order valence-electron chi connectivity index (χ1n) is 7.27. The van der Waals surface area contributed by atoms with Crippen LogP contribution in [0.5, 0.6) is 0 Å². The van der Waals surface area contributed by atoms with Crippen molar-refractivity contribution < 1.29 is 18.4 Å². The second kappa shape index (κ2) is 7.22. The van der Waals surface area contributed by atoms with Crippen LogP contribution in [0.4, 0.5) is 5.69 Å². The molecule has 8 nitrogen and oxygen atoms in total. The molecule has 0 bridgehead atoms. The third-order valence-corrected chi connectivity index (χ3v) is 4.16. The number of hydrogen-bond donors (Lipinski definition) is 2. The van der Waals surface area contributed by atoms with Crippen LogP contribution in [0.3, 0.4) is 0 Å². The molecule has 3 N–H and O–H groups in total. The fourth-order valence-electron chi connectivity index (χ4n) is 1.92. The zero-order valence-electron chi connectivity index (χ0n) is 13.1. The van der Waals surface area contributed by atoms with Crippen LogP contribution in [0.2, 0.25) is 0 Å². The third-order valence-electron chi connectivity index (χ3n) is 3.22. The SMILES string of the molecule is C[C@H](Sc1nnc(-c2ccco2)o1)C(=O)Nc1ccc(C(N)=O)cc1. The lowest BCUT2D eigenvalue weighted by atomic mass is 10.2. The fraction of sp³-hybridized carbons (Fsp3) is 0.125. The number of aromatic nitrogens is 2. The summed E-state index contributed by atoms with van der Waals surface area (Å²) in [6.45, 7) is 1.72. The summed E-state index contributed by atoms with van der Waals surface area (Å²) in [5, 5.41) is 10.3. The Morgan fingerprint density at radius 3 is 2.60 bits per heavy atom. The number of benzene rings is 1. The van der Waals surface area contributed by atoms with Gasteiger partial charge in [-0.3, -0.25) is 9.59 Å². The molecule has 3 aromatic rings. The maximum atomic E-state index is 12.2. The lowest BCUT2D eigenvalue weighted by Crippen LogP contribution is -2.22. The number of thioether (sulfide) groups is 1. The molecule has 1 aromatic carbocycles. The van der Waals surface area contributed by atoms with Crippen LogP contribution in [0.25, 0.3) is 11.7 Å². The molecule has 0 aliphatic heterocycles. The summed E-state index contributed by atoms with van der Waals surface area (Å²) in [5.41, 5.74) is 6.11. The van der Waals surface area contributed by atoms with E-state index in [1.807, 2.05) is 0 Å². The number of nitrogens with zero attached hydrogens (tertiary/aromatic N) is 2. The van der Waals surface area contributed by atoms with Crippen LogP contribution >= 0.6 is 11.8 Å². The molecule has 0 aliphatic carbocycles. The summed E-state index contributed by atoms with van der Waals surface area (Å²) in [6.07, 6.45) is 1.51. The summed E-state index contributed by atoms with van der Waals surface area (Å²) < 4.78 is 10.6. The molecule has 0 saturated carbocycles. The molecule has 0 fully saturated rings. The normalized spacial score (nSPS) is 11.9. The van der Waals surface area contributed by atoms with Gasteiger partial charge in [0.2, 0.25) is 11.8 Å². The number of furan rings is 1. The number of anilines is 1. The van der Waals surface area contributed by atoms with Gasteiger partial charge < -0.3 is 19.9 Å². The van der Waals surface area contributed by atoms with Crippen molar-refractivity contribution in [3.8, 4) is 11.7 Å². The summed E-state index contributed by atoms with van der Waals surface area (Å²) in [7, 11) is 0. The van der Waals surface area contributed by atoms with Crippen molar-refractivity contribution >= 4 is 29.3 Å². The number of nitrogens with one attached hydrogen (secondary N) is 1. The molecule has 2 amide bonds. The van der Waals surface area contributed by atoms with Crippen molar-refractivity contribution in [2.24, 2.45) is 5.73 Å². The lowest BCUT2D eigenvalue weighted by molar-refractivity contribution is -0.115. The average molecular weight is 358 g/mol. The molecule has 2 heterocycles. The van der Waals surface area contributed by atoms with E-state index in [1.54, 1.807) is 43.3 Å². The second-order valence-electron chi connectivity index (χ2n) is 5.04. The zero-order valence-corrected chi connectivity index (χ0v) is 13.9. The van der Waals surface area contributed by atoms with E-state index in [1.165, 1.54) is 6.26 Å². The maximum absolute atomic E-state index is 12.2. The maximum Gasteiger partial charge on any atom is 0.284 e. The van der Waals surface area contributed by atoms with Gasteiger partial charge in [0.05, 0.1) is 11.5 Å². The topological polar surface area (TPSA) is 124 Å².